The monoisotopic (exact) mass is 219 g/mol. The van der Waals surface area contributed by atoms with E-state index in [-0.39, 0.29) is 6.42 Å². The molecule has 1 aromatic carbocycles. The van der Waals surface area contributed by atoms with Gasteiger partial charge >= 0.3 is 5.97 Å². The first-order valence-electron chi connectivity index (χ1n) is 5.16. The Balaban J connectivity index is 2.48. The van der Waals surface area contributed by atoms with Crippen LogP contribution in [0, 0.1) is 0 Å². The van der Waals surface area contributed by atoms with Crippen molar-refractivity contribution in [1.82, 2.24) is 4.98 Å². The van der Waals surface area contributed by atoms with Gasteiger partial charge in [-0.1, -0.05) is 12.1 Å². The van der Waals surface area contributed by atoms with Crippen LogP contribution in [-0.2, 0) is 11.2 Å². The lowest BCUT2D eigenvalue weighted by Gasteiger charge is -2.04. The molecule has 0 bridgehead atoms. The molecule has 84 valence electrons. The van der Waals surface area contributed by atoms with Gasteiger partial charge in [0.25, 0.3) is 0 Å². The van der Waals surface area contributed by atoms with E-state index in [0.29, 0.717) is 6.61 Å². The molecule has 2 aromatic rings. The standard InChI is InChI=1S/C12H13NO3/c1-2-16-10-5-3-4-9-8(6-11(14)15)7-13-12(9)10/h3-5,7,13H,2,6H2,1H3,(H,14,15). The number of aromatic amines is 1. The summed E-state index contributed by atoms with van der Waals surface area (Å²) in [7, 11) is 0. The molecule has 0 unspecified atom stereocenters. The van der Waals surface area contributed by atoms with Gasteiger partial charge in [-0.3, -0.25) is 4.79 Å². The van der Waals surface area contributed by atoms with Crippen LogP contribution in [0.2, 0.25) is 0 Å². The summed E-state index contributed by atoms with van der Waals surface area (Å²) in [6.07, 6.45) is 1.75. The number of rotatable bonds is 4. The summed E-state index contributed by atoms with van der Waals surface area (Å²) >= 11 is 0. The van der Waals surface area contributed by atoms with Gasteiger partial charge in [0.1, 0.15) is 5.75 Å². The van der Waals surface area contributed by atoms with Gasteiger partial charge in [-0.15, -0.1) is 0 Å². The first-order chi connectivity index (χ1) is 7.72. The van der Waals surface area contributed by atoms with Crippen LogP contribution >= 0.6 is 0 Å². The maximum atomic E-state index is 10.7. The molecule has 0 saturated heterocycles. The maximum absolute atomic E-state index is 10.7. The van der Waals surface area contributed by atoms with E-state index < -0.39 is 5.97 Å². The number of para-hydroxylation sites is 1. The number of hydrogen-bond donors (Lipinski definition) is 2. The van der Waals surface area contributed by atoms with E-state index in [4.69, 9.17) is 9.84 Å². The molecular weight excluding hydrogens is 206 g/mol. The number of carboxylic acids is 1. The summed E-state index contributed by atoms with van der Waals surface area (Å²) < 4.78 is 5.46. The summed E-state index contributed by atoms with van der Waals surface area (Å²) in [6.45, 7) is 2.51. The first-order valence-corrected chi connectivity index (χ1v) is 5.16. The van der Waals surface area contributed by atoms with Crippen molar-refractivity contribution in [2.75, 3.05) is 6.61 Å². The molecule has 1 heterocycles. The van der Waals surface area contributed by atoms with Crippen LogP contribution in [0.15, 0.2) is 24.4 Å². The number of ether oxygens (including phenoxy) is 1. The van der Waals surface area contributed by atoms with Crippen molar-refractivity contribution in [3.8, 4) is 5.75 Å². The molecule has 4 heteroatoms. The van der Waals surface area contributed by atoms with E-state index in [1.165, 1.54) is 0 Å². The minimum absolute atomic E-state index is 0.0234. The van der Waals surface area contributed by atoms with Gasteiger partial charge in [-0.2, -0.15) is 0 Å². The second-order valence-electron chi connectivity index (χ2n) is 3.50. The number of nitrogens with one attached hydrogen (secondary N) is 1. The molecule has 0 atom stereocenters. The summed E-state index contributed by atoms with van der Waals surface area (Å²) in [5, 5.41) is 9.68. The lowest BCUT2D eigenvalue weighted by atomic mass is 10.1. The molecule has 16 heavy (non-hydrogen) atoms. The maximum Gasteiger partial charge on any atom is 0.307 e. The second-order valence-corrected chi connectivity index (χ2v) is 3.50. The largest absolute Gasteiger partial charge is 0.492 e. The van der Waals surface area contributed by atoms with Crippen molar-refractivity contribution in [3.63, 3.8) is 0 Å². The lowest BCUT2D eigenvalue weighted by Crippen LogP contribution is -1.98. The SMILES string of the molecule is CCOc1cccc2c(CC(=O)O)c[nH]c12. The smallest absolute Gasteiger partial charge is 0.307 e. The fraction of sp³-hybridized carbons (Fsp3) is 0.250. The molecular formula is C12H13NO3. The first kappa shape index (κ1) is 10.5. The topological polar surface area (TPSA) is 62.3 Å². The third-order valence-electron chi connectivity index (χ3n) is 2.40. The average molecular weight is 219 g/mol. The summed E-state index contributed by atoms with van der Waals surface area (Å²) in [4.78, 5) is 13.7. The van der Waals surface area contributed by atoms with Gasteiger partial charge in [0, 0.05) is 11.6 Å². The number of aromatic nitrogens is 1. The highest BCUT2D eigenvalue weighted by atomic mass is 16.5. The van der Waals surface area contributed by atoms with Crippen LogP contribution in [0.3, 0.4) is 0 Å². The van der Waals surface area contributed by atoms with E-state index in [1.807, 2.05) is 25.1 Å². The molecule has 1 aromatic heterocycles. The molecule has 4 nitrogen and oxygen atoms in total. The van der Waals surface area contributed by atoms with Crippen LogP contribution in [-0.4, -0.2) is 22.7 Å². The Hall–Kier alpha value is -1.97. The molecule has 0 amide bonds. The second kappa shape index (κ2) is 4.26. The summed E-state index contributed by atoms with van der Waals surface area (Å²) in [5.41, 5.74) is 1.64. The van der Waals surface area contributed by atoms with Crippen molar-refractivity contribution in [2.24, 2.45) is 0 Å². The lowest BCUT2D eigenvalue weighted by molar-refractivity contribution is -0.136. The van der Waals surface area contributed by atoms with Gasteiger partial charge in [-0.25, -0.2) is 0 Å². The van der Waals surface area contributed by atoms with Crippen LogP contribution in [0.5, 0.6) is 5.75 Å². The predicted molar refractivity (Wildman–Crippen MR) is 60.8 cm³/mol. The zero-order valence-electron chi connectivity index (χ0n) is 8.99. The molecule has 0 fully saturated rings. The van der Waals surface area contributed by atoms with E-state index in [9.17, 15) is 4.79 Å². The summed E-state index contributed by atoms with van der Waals surface area (Å²) in [5.74, 6) is -0.0700. The molecule has 0 radical (unpaired) electrons. The van der Waals surface area contributed by atoms with Crippen LogP contribution in [0.25, 0.3) is 10.9 Å². The minimum Gasteiger partial charge on any atom is -0.492 e. The summed E-state index contributed by atoms with van der Waals surface area (Å²) in [6, 6.07) is 5.63. The quantitative estimate of drug-likeness (QED) is 0.828. The number of carbonyl (C=O) groups is 1. The highest BCUT2D eigenvalue weighted by molar-refractivity contribution is 5.90. The number of hydrogen-bond acceptors (Lipinski definition) is 2. The Kier molecular flexibility index (Phi) is 2.81. The minimum atomic E-state index is -0.831. The molecule has 0 aliphatic rings. The fourth-order valence-corrected chi connectivity index (χ4v) is 1.77. The van der Waals surface area contributed by atoms with Gasteiger partial charge in [0.05, 0.1) is 18.5 Å². The van der Waals surface area contributed by atoms with Crippen molar-refractivity contribution in [1.29, 1.82) is 0 Å². The van der Waals surface area contributed by atoms with Crippen molar-refractivity contribution in [2.45, 2.75) is 13.3 Å². The average Bonchev–Trinajstić information content (AvgIpc) is 2.63. The number of benzene rings is 1. The van der Waals surface area contributed by atoms with E-state index in [2.05, 4.69) is 4.98 Å². The number of carboxylic acid groups (broad SMARTS) is 1. The molecule has 0 aliphatic carbocycles. The van der Waals surface area contributed by atoms with E-state index in [0.717, 1.165) is 22.2 Å². The van der Waals surface area contributed by atoms with Crippen LogP contribution in [0.1, 0.15) is 12.5 Å². The Morgan fingerprint density at radius 1 is 1.50 bits per heavy atom. The Bertz CT molecular complexity index is 516. The third-order valence-corrected chi connectivity index (χ3v) is 2.40. The Morgan fingerprint density at radius 3 is 3.00 bits per heavy atom. The molecule has 2 rings (SSSR count). The Morgan fingerprint density at radius 2 is 2.31 bits per heavy atom. The Labute approximate surface area is 92.9 Å². The highest BCUT2D eigenvalue weighted by Gasteiger charge is 2.10. The predicted octanol–water partition coefficient (Wildman–Crippen LogP) is 2.19. The van der Waals surface area contributed by atoms with Crippen molar-refractivity contribution >= 4 is 16.9 Å². The van der Waals surface area contributed by atoms with Crippen LogP contribution < -0.4 is 4.74 Å². The molecule has 0 saturated carbocycles. The van der Waals surface area contributed by atoms with Crippen molar-refractivity contribution < 1.29 is 14.6 Å². The fourth-order valence-electron chi connectivity index (χ4n) is 1.77. The van der Waals surface area contributed by atoms with Gasteiger partial charge in [0.2, 0.25) is 0 Å². The molecule has 0 spiro atoms. The number of aliphatic carboxylic acids is 1. The molecule has 2 N–H and O–H groups in total. The highest BCUT2D eigenvalue weighted by Crippen LogP contribution is 2.27. The molecule has 0 aliphatic heterocycles. The van der Waals surface area contributed by atoms with E-state index in [1.54, 1.807) is 6.20 Å². The van der Waals surface area contributed by atoms with E-state index >= 15 is 0 Å². The zero-order valence-corrected chi connectivity index (χ0v) is 8.99. The normalized spacial score (nSPS) is 10.6. The number of H-pyrrole nitrogens is 1. The third kappa shape index (κ3) is 1.86. The van der Waals surface area contributed by atoms with Crippen molar-refractivity contribution in [3.05, 3.63) is 30.0 Å². The zero-order chi connectivity index (χ0) is 11.5. The van der Waals surface area contributed by atoms with Crippen LogP contribution in [0.4, 0.5) is 0 Å². The van der Waals surface area contributed by atoms with Gasteiger partial charge in [-0.05, 0) is 18.6 Å². The number of fused-ring (bicyclic) bond motifs is 1. The van der Waals surface area contributed by atoms with Gasteiger partial charge in [0.15, 0.2) is 0 Å². The van der Waals surface area contributed by atoms with Gasteiger partial charge < -0.3 is 14.8 Å².